The fourth-order valence-electron chi connectivity index (χ4n) is 2.53. The predicted molar refractivity (Wildman–Crippen MR) is 83.4 cm³/mol. The van der Waals surface area contributed by atoms with E-state index in [2.05, 4.69) is 4.98 Å². The van der Waals surface area contributed by atoms with Crippen molar-refractivity contribution in [1.82, 2.24) is 9.55 Å². The van der Waals surface area contributed by atoms with Gasteiger partial charge >= 0.3 is 0 Å². The number of hydrogen-bond donors (Lipinski definition) is 1. The van der Waals surface area contributed by atoms with Crippen molar-refractivity contribution in [3.8, 4) is 5.69 Å². The van der Waals surface area contributed by atoms with Gasteiger partial charge in [-0.15, -0.1) is 0 Å². The number of para-hydroxylation sites is 1. The third kappa shape index (κ3) is 1.98. The Balaban J connectivity index is 1.94. The van der Waals surface area contributed by atoms with E-state index in [1.807, 2.05) is 24.3 Å². The molecule has 4 rings (SSSR count). The zero-order chi connectivity index (χ0) is 16.0. The summed E-state index contributed by atoms with van der Waals surface area (Å²) in [5.41, 5.74) is 2.43. The number of aromatic nitrogens is 2. The van der Waals surface area contributed by atoms with Crippen LogP contribution in [0.5, 0.6) is 0 Å². The molecule has 23 heavy (non-hydrogen) atoms. The van der Waals surface area contributed by atoms with Crippen LogP contribution in [0.3, 0.4) is 0 Å². The van der Waals surface area contributed by atoms with Crippen molar-refractivity contribution in [2.75, 3.05) is 0 Å². The molecular formula is C16H10N4O3. The molecule has 0 aliphatic rings. The van der Waals surface area contributed by atoms with Crippen molar-refractivity contribution in [3.63, 3.8) is 0 Å². The Morgan fingerprint density at radius 1 is 1.13 bits per heavy atom. The predicted octanol–water partition coefficient (Wildman–Crippen LogP) is 3.16. The van der Waals surface area contributed by atoms with Gasteiger partial charge in [-0.05, 0) is 24.3 Å². The lowest BCUT2D eigenvalue weighted by atomic mass is 10.2. The molecule has 0 saturated carbocycles. The lowest BCUT2D eigenvalue weighted by Crippen LogP contribution is -2.18. The maximum absolute atomic E-state index is 10.7. The second kappa shape index (κ2) is 4.77. The van der Waals surface area contributed by atoms with Crippen LogP contribution in [-0.4, -0.2) is 14.5 Å². The van der Waals surface area contributed by atoms with Gasteiger partial charge in [-0.3, -0.25) is 20.1 Å². The van der Waals surface area contributed by atoms with E-state index in [4.69, 9.17) is 9.83 Å². The number of nitro benzene ring substituents is 1. The van der Waals surface area contributed by atoms with Crippen molar-refractivity contribution < 1.29 is 9.34 Å². The highest BCUT2D eigenvalue weighted by atomic mass is 16.6. The molecule has 0 aliphatic carbocycles. The second-order valence-electron chi connectivity index (χ2n) is 5.01. The quantitative estimate of drug-likeness (QED) is 0.454. The number of non-ortho nitro benzene ring substituents is 1. The topological polar surface area (TPSA) is 98.0 Å². The summed E-state index contributed by atoms with van der Waals surface area (Å²) >= 11 is 0. The van der Waals surface area contributed by atoms with Gasteiger partial charge in [-0.2, -0.15) is 0 Å². The SMILES string of the molecule is N=c1c2oc3ccccc3c2ncn1-c1ccc([N+](=O)[O-])cc1. The van der Waals surface area contributed by atoms with Gasteiger partial charge in [0.05, 0.1) is 4.92 Å². The van der Waals surface area contributed by atoms with Crippen LogP contribution in [0.1, 0.15) is 0 Å². The Bertz CT molecular complexity index is 1110. The van der Waals surface area contributed by atoms with Crippen LogP contribution in [0.4, 0.5) is 5.69 Å². The first-order valence-electron chi connectivity index (χ1n) is 6.83. The van der Waals surface area contributed by atoms with Gasteiger partial charge in [-0.1, -0.05) is 12.1 Å². The molecule has 0 amide bonds. The minimum absolute atomic E-state index is 0.00125. The number of nitro groups is 1. The normalized spacial score (nSPS) is 11.1. The molecule has 7 heteroatoms. The van der Waals surface area contributed by atoms with Crippen LogP contribution in [0.25, 0.3) is 27.8 Å². The zero-order valence-corrected chi connectivity index (χ0v) is 11.8. The molecule has 7 nitrogen and oxygen atoms in total. The number of hydrogen-bond acceptors (Lipinski definition) is 5. The van der Waals surface area contributed by atoms with Gasteiger partial charge < -0.3 is 4.42 Å². The molecule has 0 bridgehead atoms. The average molecular weight is 306 g/mol. The summed E-state index contributed by atoms with van der Waals surface area (Å²) < 4.78 is 7.25. The van der Waals surface area contributed by atoms with Crippen LogP contribution in [-0.2, 0) is 0 Å². The molecule has 0 atom stereocenters. The fourth-order valence-corrected chi connectivity index (χ4v) is 2.53. The highest BCUT2D eigenvalue weighted by molar-refractivity contribution is 6.01. The van der Waals surface area contributed by atoms with E-state index in [-0.39, 0.29) is 11.2 Å². The number of furan rings is 1. The van der Waals surface area contributed by atoms with Gasteiger partial charge in [0.25, 0.3) is 5.69 Å². The molecule has 2 aromatic carbocycles. The fraction of sp³-hybridized carbons (Fsp3) is 0. The number of benzene rings is 2. The molecule has 2 heterocycles. The third-order valence-electron chi connectivity index (χ3n) is 3.67. The van der Waals surface area contributed by atoms with Crippen LogP contribution >= 0.6 is 0 Å². The van der Waals surface area contributed by atoms with Gasteiger partial charge in [0.15, 0.2) is 11.1 Å². The molecule has 0 fully saturated rings. The summed E-state index contributed by atoms with van der Waals surface area (Å²) in [4.78, 5) is 14.6. The number of nitrogens with one attached hydrogen (secondary N) is 1. The Morgan fingerprint density at radius 2 is 1.87 bits per heavy atom. The molecule has 0 spiro atoms. The van der Waals surface area contributed by atoms with E-state index in [0.717, 1.165) is 5.39 Å². The molecule has 2 aromatic heterocycles. The van der Waals surface area contributed by atoms with Gasteiger partial charge in [-0.25, -0.2) is 4.98 Å². The smallest absolute Gasteiger partial charge is 0.269 e. The van der Waals surface area contributed by atoms with Crippen LogP contribution < -0.4 is 5.49 Å². The molecular weight excluding hydrogens is 296 g/mol. The highest BCUT2D eigenvalue weighted by Crippen LogP contribution is 2.24. The van der Waals surface area contributed by atoms with Crippen LogP contribution in [0.15, 0.2) is 59.3 Å². The van der Waals surface area contributed by atoms with Gasteiger partial charge in [0, 0.05) is 23.2 Å². The largest absolute Gasteiger partial charge is 0.450 e. The van der Waals surface area contributed by atoms with Crippen molar-refractivity contribution in [2.45, 2.75) is 0 Å². The second-order valence-corrected chi connectivity index (χ2v) is 5.01. The van der Waals surface area contributed by atoms with Crippen molar-refractivity contribution in [2.24, 2.45) is 0 Å². The lowest BCUT2D eigenvalue weighted by Gasteiger charge is -2.05. The molecule has 1 N–H and O–H groups in total. The van der Waals surface area contributed by atoms with Gasteiger partial charge in [0.2, 0.25) is 0 Å². The van der Waals surface area contributed by atoms with Crippen molar-refractivity contribution in [1.29, 1.82) is 5.41 Å². The summed E-state index contributed by atoms with van der Waals surface area (Å²) in [7, 11) is 0. The Morgan fingerprint density at radius 3 is 2.61 bits per heavy atom. The summed E-state index contributed by atoms with van der Waals surface area (Å²) in [5, 5.41) is 19.9. The summed E-state index contributed by atoms with van der Waals surface area (Å²) in [6.45, 7) is 0. The molecule has 4 aromatic rings. The minimum atomic E-state index is -0.462. The average Bonchev–Trinajstić information content (AvgIpc) is 2.95. The zero-order valence-electron chi connectivity index (χ0n) is 11.8. The molecule has 112 valence electrons. The minimum Gasteiger partial charge on any atom is -0.450 e. The maximum Gasteiger partial charge on any atom is 0.269 e. The van der Waals surface area contributed by atoms with E-state index in [1.165, 1.54) is 23.0 Å². The Hall–Kier alpha value is -3.48. The van der Waals surface area contributed by atoms with Crippen LogP contribution in [0, 0.1) is 15.5 Å². The molecule has 0 radical (unpaired) electrons. The maximum atomic E-state index is 10.7. The number of rotatable bonds is 2. The van der Waals surface area contributed by atoms with E-state index in [9.17, 15) is 10.1 Å². The van der Waals surface area contributed by atoms with Crippen LogP contribution in [0.2, 0.25) is 0 Å². The van der Waals surface area contributed by atoms with E-state index in [1.54, 1.807) is 12.1 Å². The third-order valence-corrected chi connectivity index (χ3v) is 3.67. The molecule has 0 saturated heterocycles. The summed E-state index contributed by atoms with van der Waals surface area (Å²) in [5.74, 6) is 0. The monoisotopic (exact) mass is 306 g/mol. The van der Waals surface area contributed by atoms with E-state index in [0.29, 0.717) is 22.4 Å². The Kier molecular flexibility index (Phi) is 2.74. The standard InChI is InChI=1S/C16H10N4O3/c17-16-15-14(12-3-1-2-4-13(12)23-15)18-9-19(16)10-5-7-11(8-6-10)20(21)22/h1-9,17H. The van der Waals surface area contributed by atoms with Crippen molar-refractivity contribution in [3.05, 3.63) is 70.5 Å². The highest BCUT2D eigenvalue weighted by Gasteiger charge is 2.12. The first-order chi connectivity index (χ1) is 11.1. The lowest BCUT2D eigenvalue weighted by molar-refractivity contribution is -0.384. The van der Waals surface area contributed by atoms with Gasteiger partial charge in [0.1, 0.15) is 17.4 Å². The summed E-state index contributed by atoms with van der Waals surface area (Å²) in [6.07, 6.45) is 1.52. The van der Waals surface area contributed by atoms with E-state index >= 15 is 0 Å². The number of nitrogens with zero attached hydrogens (tertiary/aromatic N) is 3. The van der Waals surface area contributed by atoms with Crippen molar-refractivity contribution >= 4 is 27.8 Å². The first kappa shape index (κ1) is 13.2. The van der Waals surface area contributed by atoms with E-state index < -0.39 is 4.92 Å². The molecule has 0 aliphatic heterocycles. The molecule has 0 unspecified atom stereocenters. The summed E-state index contributed by atoms with van der Waals surface area (Å²) in [6, 6.07) is 13.4. The first-order valence-corrected chi connectivity index (χ1v) is 6.83. The number of fused-ring (bicyclic) bond motifs is 3. The Labute approximate surface area is 129 Å².